The monoisotopic (exact) mass is 484 g/mol. The smallest absolute Gasteiger partial charge is 0.265 e. The summed E-state index contributed by atoms with van der Waals surface area (Å²) in [6, 6.07) is 18.6. The Morgan fingerprint density at radius 1 is 1.11 bits per heavy atom. The van der Waals surface area contributed by atoms with Gasteiger partial charge in [-0.05, 0) is 30.3 Å². The average Bonchev–Trinajstić information content (AvgIpc) is 3.64. The second kappa shape index (κ2) is 9.27. The lowest BCUT2D eigenvalue weighted by Gasteiger charge is -2.07. The van der Waals surface area contributed by atoms with Crippen molar-refractivity contribution in [1.29, 1.82) is 0 Å². The fourth-order valence-electron chi connectivity index (χ4n) is 3.60. The maximum atomic E-state index is 13.4. The minimum atomic E-state index is -0.556. The predicted octanol–water partition coefficient (Wildman–Crippen LogP) is 4.35. The molecule has 4 N–H and O–H groups in total. The number of hydrogen-bond acceptors (Lipinski definition) is 6. The molecule has 174 valence electrons. The molecule has 0 spiro atoms. The Hall–Kier alpha value is -4.70. The summed E-state index contributed by atoms with van der Waals surface area (Å²) in [4.78, 5) is 32.0. The van der Waals surface area contributed by atoms with Crippen molar-refractivity contribution in [1.82, 2.24) is 19.7 Å². The van der Waals surface area contributed by atoms with Gasteiger partial charge >= 0.3 is 0 Å². The van der Waals surface area contributed by atoms with E-state index < -0.39 is 5.91 Å². The van der Waals surface area contributed by atoms with E-state index in [1.807, 2.05) is 54.6 Å². The van der Waals surface area contributed by atoms with E-state index in [4.69, 9.17) is 15.6 Å². The summed E-state index contributed by atoms with van der Waals surface area (Å²) in [5, 5.41) is 9.77. The maximum absolute atomic E-state index is 13.4. The van der Waals surface area contributed by atoms with E-state index in [9.17, 15) is 9.59 Å². The molecular weight excluding hydrogens is 464 g/mol. The molecule has 0 aliphatic rings. The van der Waals surface area contributed by atoms with Crippen molar-refractivity contribution in [2.24, 2.45) is 5.73 Å². The van der Waals surface area contributed by atoms with Crippen LogP contribution in [0, 0.1) is 0 Å². The topological polar surface area (TPSA) is 128 Å². The van der Waals surface area contributed by atoms with Gasteiger partial charge in [0.25, 0.3) is 11.8 Å². The van der Waals surface area contributed by atoms with Gasteiger partial charge in [-0.15, -0.1) is 11.3 Å². The number of nitrogens with zero attached hydrogens (tertiary/aromatic N) is 3. The van der Waals surface area contributed by atoms with Crippen LogP contribution in [0.3, 0.4) is 0 Å². The minimum Gasteiger partial charge on any atom is -0.496 e. The first-order chi connectivity index (χ1) is 17.0. The van der Waals surface area contributed by atoms with E-state index in [2.05, 4.69) is 15.3 Å². The second-order valence-corrected chi connectivity index (χ2v) is 8.39. The third kappa shape index (κ3) is 4.42. The Kier molecular flexibility index (Phi) is 5.86. The van der Waals surface area contributed by atoms with Gasteiger partial charge in [-0.1, -0.05) is 30.3 Å². The summed E-state index contributed by atoms with van der Waals surface area (Å²) < 4.78 is 7.17. The predicted molar refractivity (Wildman–Crippen MR) is 134 cm³/mol. The number of methoxy groups -OCH3 is 1. The summed E-state index contributed by atoms with van der Waals surface area (Å²) >= 11 is 1.27. The van der Waals surface area contributed by atoms with Crippen LogP contribution < -0.4 is 15.8 Å². The largest absolute Gasteiger partial charge is 0.496 e. The zero-order valence-corrected chi connectivity index (χ0v) is 19.4. The molecule has 3 heterocycles. The number of primary amides is 1. The molecular formula is C25H20N6O3S. The van der Waals surface area contributed by atoms with Gasteiger partial charge in [0.1, 0.15) is 17.1 Å². The molecule has 0 bridgehead atoms. The normalized spacial score (nSPS) is 10.8. The Labute approximate surface area is 204 Å². The fraction of sp³-hybridized carbons (Fsp3) is 0.0400. The number of H-pyrrole nitrogens is 1. The number of rotatable bonds is 7. The summed E-state index contributed by atoms with van der Waals surface area (Å²) in [6.45, 7) is 0. The van der Waals surface area contributed by atoms with Crippen LogP contribution in [-0.2, 0) is 0 Å². The van der Waals surface area contributed by atoms with Crippen LogP contribution in [-0.4, -0.2) is 38.7 Å². The summed E-state index contributed by atoms with van der Waals surface area (Å²) in [5.74, 6) is -0.311. The molecule has 0 aliphatic carbocycles. The van der Waals surface area contributed by atoms with Gasteiger partial charge in [0.2, 0.25) is 0 Å². The summed E-state index contributed by atoms with van der Waals surface area (Å²) in [5.41, 5.74) is 9.26. The number of aromatic nitrogens is 4. The highest BCUT2D eigenvalue weighted by Crippen LogP contribution is 2.33. The lowest BCUT2D eigenvalue weighted by molar-refractivity contribution is 0.0994. The third-order valence-corrected chi connectivity index (χ3v) is 6.07. The molecule has 5 rings (SSSR count). The Bertz CT molecular complexity index is 1520. The van der Waals surface area contributed by atoms with Crippen LogP contribution >= 0.6 is 11.3 Å². The number of anilines is 1. The van der Waals surface area contributed by atoms with Gasteiger partial charge < -0.3 is 15.5 Å². The molecule has 0 aliphatic heterocycles. The molecule has 0 unspecified atom stereocenters. The molecule has 0 saturated carbocycles. The van der Waals surface area contributed by atoms with Gasteiger partial charge in [0, 0.05) is 28.9 Å². The van der Waals surface area contributed by atoms with E-state index >= 15 is 0 Å². The SMILES string of the molecule is COc1ccccc1-c1nn(-c2ccccc2)cc1C(=O)Nc1nc(-c2c[nH]c(C(N)=O)c2)cs1. The number of benzene rings is 2. The van der Waals surface area contributed by atoms with Gasteiger partial charge in [-0.2, -0.15) is 5.10 Å². The van der Waals surface area contributed by atoms with Gasteiger partial charge in [-0.3, -0.25) is 14.9 Å². The first kappa shape index (κ1) is 22.1. The van der Waals surface area contributed by atoms with Crippen molar-refractivity contribution in [3.63, 3.8) is 0 Å². The first-order valence-electron chi connectivity index (χ1n) is 10.6. The van der Waals surface area contributed by atoms with E-state index in [0.29, 0.717) is 39.0 Å². The van der Waals surface area contributed by atoms with Crippen molar-refractivity contribution in [2.75, 3.05) is 12.4 Å². The Morgan fingerprint density at radius 2 is 1.89 bits per heavy atom. The van der Waals surface area contributed by atoms with Crippen molar-refractivity contribution in [2.45, 2.75) is 0 Å². The number of thiazole rings is 1. The van der Waals surface area contributed by atoms with Gasteiger partial charge in [0.15, 0.2) is 5.13 Å². The maximum Gasteiger partial charge on any atom is 0.265 e. The van der Waals surface area contributed by atoms with Crippen molar-refractivity contribution in [3.05, 3.63) is 89.7 Å². The zero-order valence-electron chi connectivity index (χ0n) is 18.6. The average molecular weight is 485 g/mol. The van der Waals surface area contributed by atoms with Crippen LogP contribution in [0.5, 0.6) is 5.75 Å². The molecule has 35 heavy (non-hydrogen) atoms. The zero-order chi connectivity index (χ0) is 24.4. The first-order valence-corrected chi connectivity index (χ1v) is 11.5. The van der Waals surface area contributed by atoms with Crippen LogP contribution in [0.15, 0.2) is 78.4 Å². The quantitative estimate of drug-likeness (QED) is 0.316. The third-order valence-electron chi connectivity index (χ3n) is 5.31. The molecule has 0 atom stereocenters. The number of para-hydroxylation sites is 2. The number of amides is 2. The molecule has 9 nitrogen and oxygen atoms in total. The lowest BCUT2D eigenvalue weighted by atomic mass is 10.1. The van der Waals surface area contributed by atoms with Crippen LogP contribution in [0.1, 0.15) is 20.8 Å². The molecule has 0 radical (unpaired) electrons. The molecule has 5 aromatic rings. The number of ether oxygens (including phenoxy) is 1. The highest BCUT2D eigenvalue weighted by atomic mass is 32.1. The van der Waals surface area contributed by atoms with Crippen LogP contribution in [0.4, 0.5) is 5.13 Å². The Balaban J connectivity index is 1.49. The van der Waals surface area contributed by atoms with E-state index in [1.54, 1.807) is 35.6 Å². The molecule has 3 aromatic heterocycles. The number of nitrogens with two attached hydrogens (primary N) is 1. The van der Waals surface area contributed by atoms with Gasteiger partial charge in [0.05, 0.1) is 24.1 Å². The van der Waals surface area contributed by atoms with Crippen molar-refractivity contribution < 1.29 is 14.3 Å². The number of nitrogens with one attached hydrogen (secondary N) is 2. The highest BCUT2D eigenvalue weighted by Gasteiger charge is 2.22. The Morgan fingerprint density at radius 3 is 2.63 bits per heavy atom. The number of carbonyl (C=O) groups excluding carboxylic acids is 2. The molecule has 10 heteroatoms. The van der Waals surface area contributed by atoms with E-state index in [-0.39, 0.29) is 11.6 Å². The second-order valence-electron chi connectivity index (χ2n) is 7.53. The summed E-state index contributed by atoms with van der Waals surface area (Å²) in [6.07, 6.45) is 3.33. The number of hydrogen-bond donors (Lipinski definition) is 3. The van der Waals surface area contributed by atoms with E-state index in [1.165, 1.54) is 11.3 Å². The van der Waals surface area contributed by atoms with Crippen LogP contribution in [0.2, 0.25) is 0 Å². The lowest BCUT2D eigenvalue weighted by Crippen LogP contribution is -2.12. The molecule has 0 fully saturated rings. The number of carbonyl (C=O) groups is 2. The van der Waals surface area contributed by atoms with Crippen molar-refractivity contribution >= 4 is 28.3 Å². The molecule has 2 aromatic carbocycles. The highest BCUT2D eigenvalue weighted by molar-refractivity contribution is 7.14. The number of aromatic amines is 1. The fourth-order valence-corrected chi connectivity index (χ4v) is 4.32. The standard InChI is InChI=1S/C25H20N6O3S/c1-34-21-10-6-5-9-17(21)22-18(13-31(30-22)16-7-3-2-4-8-16)24(33)29-25-28-20(14-35-25)15-11-19(23(26)32)27-12-15/h2-14,27H,1H3,(H2,26,32)(H,28,29,33). The van der Waals surface area contributed by atoms with Crippen molar-refractivity contribution in [3.8, 4) is 34.0 Å². The van der Waals surface area contributed by atoms with E-state index in [0.717, 1.165) is 5.69 Å². The minimum absolute atomic E-state index is 0.286. The molecule has 2 amide bonds. The molecule has 0 saturated heterocycles. The van der Waals surface area contributed by atoms with Gasteiger partial charge in [-0.25, -0.2) is 9.67 Å². The van der Waals surface area contributed by atoms with Crippen LogP contribution in [0.25, 0.3) is 28.2 Å². The summed E-state index contributed by atoms with van der Waals surface area (Å²) in [7, 11) is 1.58.